The van der Waals surface area contributed by atoms with E-state index in [0.717, 1.165) is 5.56 Å². The Morgan fingerprint density at radius 3 is 2.41 bits per heavy atom. The molecule has 1 rings (SSSR count). The van der Waals surface area contributed by atoms with Gasteiger partial charge in [-0.05, 0) is 18.9 Å². The molecule has 0 aliphatic rings. The van der Waals surface area contributed by atoms with Crippen LogP contribution in [0.4, 0.5) is 0 Å². The van der Waals surface area contributed by atoms with Gasteiger partial charge >= 0.3 is 0 Å². The summed E-state index contributed by atoms with van der Waals surface area (Å²) in [5, 5.41) is 9.48. The third-order valence-electron chi connectivity index (χ3n) is 3.00. The van der Waals surface area contributed by atoms with Gasteiger partial charge in [-0.25, -0.2) is 8.42 Å². The molecular formula is C13H20O3S. The van der Waals surface area contributed by atoms with Crippen molar-refractivity contribution in [1.29, 1.82) is 0 Å². The molecule has 0 fully saturated rings. The van der Waals surface area contributed by atoms with Crippen LogP contribution >= 0.6 is 0 Å². The zero-order valence-electron chi connectivity index (χ0n) is 10.6. The predicted octanol–water partition coefficient (Wildman–Crippen LogP) is 2.24. The molecule has 2 atom stereocenters. The molecule has 0 aliphatic heterocycles. The Morgan fingerprint density at radius 2 is 1.94 bits per heavy atom. The molecule has 0 aliphatic carbocycles. The molecule has 96 valence electrons. The van der Waals surface area contributed by atoms with Crippen LogP contribution < -0.4 is 0 Å². The number of sulfone groups is 1. The third kappa shape index (κ3) is 3.30. The molecule has 0 saturated carbocycles. The Morgan fingerprint density at radius 1 is 1.29 bits per heavy atom. The molecule has 0 spiro atoms. The largest absolute Gasteiger partial charge is 0.387 e. The number of hydrogen-bond donors (Lipinski definition) is 1. The van der Waals surface area contributed by atoms with Crippen molar-refractivity contribution in [2.45, 2.75) is 38.5 Å². The molecule has 1 aromatic carbocycles. The second-order valence-corrected chi connectivity index (χ2v) is 6.77. The summed E-state index contributed by atoms with van der Waals surface area (Å²) in [4.78, 5) is 0. The van der Waals surface area contributed by atoms with Gasteiger partial charge < -0.3 is 5.11 Å². The minimum Gasteiger partial charge on any atom is -0.387 e. The molecule has 0 bridgehead atoms. The highest BCUT2D eigenvalue weighted by atomic mass is 32.2. The topological polar surface area (TPSA) is 54.4 Å². The number of aryl methyl sites for hydroxylation is 1. The van der Waals surface area contributed by atoms with Gasteiger partial charge in [-0.1, -0.05) is 43.7 Å². The van der Waals surface area contributed by atoms with E-state index < -0.39 is 21.2 Å². The molecule has 0 radical (unpaired) electrons. The van der Waals surface area contributed by atoms with Gasteiger partial charge in [-0.2, -0.15) is 0 Å². The van der Waals surface area contributed by atoms with Crippen LogP contribution in [0.15, 0.2) is 24.3 Å². The molecule has 0 unspecified atom stereocenters. The first-order valence-electron chi connectivity index (χ1n) is 5.88. The number of benzene rings is 1. The average Bonchev–Trinajstić information content (AvgIpc) is 2.29. The van der Waals surface area contributed by atoms with Crippen LogP contribution in [-0.2, 0) is 9.84 Å². The minimum absolute atomic E-state index is 0.0639. The smallest absolute Gasteiger partial charge is 0.155 e. The van der Waals surface area contributed by atoms with Gasteiger partial charge in [-0.15, -0.1) is 0 Å². The van der Waals surface area contributed by atoms with E-state index in [0.29, 0.717) is 12.0 Å². The van der Waals surface area contributed by atoms with Crippen LogP contribution in [0.5, 0.6) is 0 Å². The van der Waals surface area contributed by atoms with Crippen LogP contribution in [0.2, 0.25) is 0 Å². The van der Waals surface area contributed by atoms with Gasteiger partial charge in [0, 0.05) is 5.75 Å². The fraction of sp³-hybridized carbons (Fsp3) is 0.538. The van der Waals surface area contributed by atoms with E-state index in [2.05, 4.69) is 0 Å². The van der Waals surface area contributed by atoms with Gasteiger partial charge in [0.25, 0.3) is 0 Å². The summed E-state index contributed by atoms with van der Waals surface area (Å²) in [5.74, 6) is 0.0639. The monoisotopic (exact) mass is 256 g/mol. The first-order chi connectivity index (χ1) is 7.92. The van der Waals surface area contributed by atoms with E-state index in [-0.39, 0.29) is 5.75 Å². The van der Waals surface area contributed by atoms with Crippen molar-refractivity contribution in [3.05, 3.63) is 35.4 Å². The van der Waals surface area contributed by atoms with Gasteiger partial charge in [-0.3, -0.25) is 0 Å². The lowest BCUT2D eigenvalue weighted by molar-refractivity contribution is 0.169. The van der Waals surface area contributed by atoms with E-state index in [4.69, 9.17) is 0 Å². The van der Waals surface area contributed by atoms with E-state index in [1.54, 1.807) is 19.9 Å². The SMILES string of the molecule is CC[C@@H]([C@H](O)c1cccc(C)c1)S(=O)(=O)CC. The second kappa shape index (κ2) is 5.65. The van der Waals surface area contributed by atoms with Crippen LogP contribution in [-0.4, -0.2) is 24.5 Å². The summed E-state index contributed by atoms with van der Waals surface area (Å²) < 4.78 is 23.7. The fourth-order valence-electron chi connectivity index (χ4n) is 1.96. The molecule has 4 heteroatoms. The highest BCUT2D eigenvalue weighted by Gasteiger charge is 2.30. The molecule has 3 nitrogen and oxygen atoms in total. The molecule has 1 aromatic rings. The van der Waals surface area contributed by atoms with Gasteiger partial charge in [0.2, 0.25) is 0 Å². The van der Waals surface area contributed by atoms with Crippen LogP contribution in [0.1, 0.15) is 37.5 Å². The molecule has 1 N–H and O–H groups in total. The van der Waals surface area contributed by atoms with Crippen LogP contribution in [0.25, 0.3) is 0 Å². The molecule has 17 heavy (non-hydrogen) atoms. The maximum atomic E-state index is 11.9. The summed E-state index contributed by atoms with van der Waals surface area (Å²) in [6, 6.07) is 7.36. The van der Waals surface area contributed by atoms with Crippen molar-refractivity contribution >= 4 is 9.84 Å². The Hall–Kier alpha value is -0.870. The summed E-state index contributed by atoms with van der Waals surface area (Å²) in [6.45, 7) is 5.32. The lowest BCUT2D eigenvalue weighted by Crippen LogP contribution is -2.29. The first kappa shape index (κ1) is 14.2. The summed E-state index contributed by atoms with van der Waals surface area (Å²) in [5.41, 5.74) is 1.69. The molecular weight excluding hydrogens is 236 g/mol. The number of aliphatic hydroxyl groups excluding tert-OH is 1. The molecule has 0 saturated heterocycles. The maximum Gasteiger partial charge on any atom is 0.155 e. The van der Waals surface area contributed by atoms with Crippen molar-refractivity contribution in [3.63, 3.8) is 0 Å². The Kier molecular flexibility index (Phi) is 4.71. The van der Waals surface area contributed by atoms with Crippen molar-refractivity contribution in [3.8, 4) is 0 Å². The standard InChI is InChI=1S/C13H20O3S/c1-4-12(17(15,16)5-2)13(14)11-8-6-7-10(3)9-11/h6-9,12-14H,4-5H2,1-3H3/t12-,13+/m0/s1. The number of rotatable bonds is 5. The van der Waals surface area contributed by atoms with E-state index in [1.807, 2.05) is 25.1 Å². The first-order valence-corrected chi connectivity index (χ1v) is 7.60. The van der Waals surface area contributed by atoms with E-state index >= 15 is 0 Å². The summed E-state index contributed by atoms with van der Waals surface area (Å²) in [6.07, 6.45) is -0.518. The number of aliphatic hydroxyl groups is 1. The number of hydrogen-bond acceptors (Lipinski definition) is 3. The van der Waals surface area contributed by atoms with Crippen molar-refractivity contribution in [2.24, 2.45) is 0 Å². The molecule has 0 amide bonds. The van der Waals surface area contributed by atoms with Gasteiger partial charge in [0.15, 0.2) is 9.84 Å². The van der Waals surface area contributed by atoms with Crippen molar-refractivity contribution in [2.75, 3.05) is 5.75 Å². The quantitative estimate of drug-likeness (QED) is 0.879. The summed E-state index contributed by atoms with van der Waals surface area (Å²) >= 11 is 0. The van der Waals surface area contributed by atoms with Gasteiger partial charge in [0.1, 0.15) is 0 Å². The minimum atomic E-state index is -3.22. The zero-order valence-corrected chi connectivity index (χ0v) is 11.4. The van der Waals surface area contributed by atoms with E-state index in [9.17, 15) is 13.5 Å². The molecule has 0 aromatic heterocycles. The second-order valence-electron chi connectivity index (χ2n) is 4.26. The Labute approximate surface area is 103 Å². The Bertz CT molecular complexity index is 465. The highest BCUT2D eigenvalue weighted by Crippen LogP contribution is 2.25. The predicted molar refractivity (Wildman–Crippen MR) is 69.7 cm³/mol. The summed E-state index contributed by atoms with van der Waals surface area (Å²) in [7, 11) is -3.22. The van der Waals surface area contributed by atoms with Crippen LogP contribution in [0.3, 0.4) is 0 Å². The highest BCUT2D eigenvalue weighted by molar-refractivity contribution is 7.92. The van der Waals surface area contributed by atoms with E-state index in [1.165, 1.54) is 0 Å². The average molecular weight is 256 g/mol. The van der Waals surface area contributed by atoms with Crippen molar-refractivity contribution < 1.29 is 13.5 Å². The maximum absolute atomic E-state index is 11.9. The lowest BCUT2D eigenvalue weighted by atomic mass is 10.0. The fourth-order valence-corrected chi connectivity index (χ4v) is 3.44. The van der Waals surface area contributed by atoms with Crippen molar-refractivity contribution in [1.82, 2.24) is 0 Å². The normalized spacial score (nSPS) is 15.5. The molecule has 0 heterocycles. The van der Waals surface area contributed by atoms with Crippen LogP contribution in [0, 0.1) is 6.92 Å². The van der Waals surface area contributed by atoms with Gasteiger partial charge in [0.05, 0.1) is 11.4 Å². The lowest BCUT2D eigenvalue weighted by Gasteiger charge is -2.21. The Balaban J connectivity index is 3.06. The third-order valence-corrected chi connectivity index (χ3v) is 5.32. The zero-order chi connectivity index (χ0) is 13.1.